The van der Waals surface area contributed by atoms with Gasteiger partial charge < -0.3 is 15.7 Å². The fourth-order valence-electron chi connectivity index (χ4n) is 4.57. The molecular formula is C26H29F2N3O2S. The lowest BCUT2D eigenvalue weighted by molar-refractivity contribution is 0.0445. The minimum absolute atomic E-state index is 0.0397. The molecule has 0 aliphatic heterocycles. The fourth-order valence-corrected chi connectivity index (χ4v) is 5.66. The molecule has 1 aliphatic carbocycles. The van der Waals surface area contributed by atoms with Crippen molar-refractivity contribution >= 4 is 28.7 Å². The number of amides is 2. The zero-order chi connectivity index (χ0) is 24.3. The van der Waals surface area contributed by atoms with E-state index in [-0.39, 0.29) is 5.69 Å². The Morgan fingerprint density at radius 2 is 1.65 bits per heavy atom. The standard InChI is InChI=1S/C26H29F2N3O2S/c1-26(2,33)14-16-3-5-18(6-4-16)24-29-15-23(34-24)17-7-9-21(10-8-17)30-25(32)31-22-12-19(27)11-20(28)13-22/h7-13,15-16,18,33H,3-6,14H2,1-2H3,(H2,30,31,32). The van der Waals surface area contributed by atoms with Crippen LogP contribution < -0.4 is 10.6 Å². The van der Waals surface area contributed by atoms with Gasteiger partial charge in [-0.05, 0) is 81.7 Å². The Morgan fingerprint density at radius 1 is 1.03 bits per heavy atom. The van der Waals surface area contributed by atoms with Gasteiger partial charge in [-0.25, -0.2) is 18.6 Å². The summed E-state index contributed by atoms with van der Waals surface area (Å²) in [7, 11) is 0. The van der Waals surface area contributed by atoms with Crippen LogP contribution in [0.5, 0.6) is 0 Å². The zero-order valence-corrected chi connectivity index (χ0v) is 20.1. The first kappa shape index (κ1) is 24.3. The number of urea groups is 1. The fraction of sp³-hybridized carbons (Fsp3) is 0.385. The number of halogens is 2. The number of rotatable bonds is 6. The van der Waals surface area contributed by atoms with E-state index >= 15 is 0 Å². The molecule has 0 spiro atoms. The van der Waals surface area contributed by atoms with Crippen molar-refractivity contribution in [2.45, 2.75) is 57.5 Å². The first-order valence-corrected chi connectivity index (χ1v) is 12.3. The van der Waals surface area contributed by atoms with Crippen LogP contribution in [0.2, 0.25) is 0 Å². The molecule has 1 aromatic heterocycles. The Labute approximate surface area is 202 Å². The molecule has 4 rings (SSSR count). The van der Waals surface area contributed by atoms with Crippen LogP contribution in [0.25, 0.3) is 10.4 Å². The third-order valence-electron chi connectivity index (χ3n) is 6.06. The van der Waals surface area contributed by atoms with Crippen LogP contribution in [-0.2, 0) is 0 Å². The SMILES string of the molecule is CC(C)(O)CC1CCC(c2ncc(-c3ccc(NC(=O)Nc4cc(F)cc(F)c4)cc3)s2)CC1. The van der Waals surface area contributed by atoms with Crippen molar-refractivity contribution in [3.05, 3.63) is 65.3 Å². The number of anilines is 2. The quantitative estimate of drug-likeness (QED) is 0.347. The van der Waals surface area contributed by atoms with Gasteiger partial charge in [-0.3, -0.25) is 0 Å². The number of carbonyl (C=O) groups excluding carboxylic acids is 1. The molecule has 8 heteroatoms. The number of nitrogens with one attached hydrogen (secondary N) is 2. The van der Waals surface area contributed by atoms with Crippen molar-refractivity contribution in [1.82, 2.24) is 4.98 Å². The normalized spacial score (nSPS) is 18.5. The van der Waals surface area contributed by atoms with Gasteiger partial charge in [0.25, 0.3) is 0 Å². The summed E-state index contributed by atoms with van der Waals surface area (Å²) >= 11 is 1.70. The Balaban J connectivity index is 1.32. The molecule has 0 radical (unpaired) electrons. The van der Waals surface area contributed by atoms with Crippen LogP contribution in [0.4, 0.5) is 25.0 Å². The smallest absolute Gasteiger partial charge is 0.323 e. The largest absolute Gasteiger partial charge is 0.390 e. The number of aromatic nitrogens is 1. The number of benzene rings is 2. The van der Waals surface area contributed by atoms with E-state index in [1.165, 1.54) is 0 Å². The van der Waals surface area contributed by atoms with E-state index in [2.05, 4.69) is 15.6 Å². The molecule has 1 saturated carbocycles. The van der Waals surface area contributed by atoms with Crippen molar-refractivity contribution < 1.29 is 18.7 Å². The van der Waals surface area contributed by atoms with Gasteiger partial charge in [-0.2, -0.15) is 0 Å². The monoisotopic (exact) mass is 485 g/mol. The molecule has 2 amide bonds. The maximum absolute atomic E-state index is 13.3. The van der Waals surface area contributed by atoms with Gasteiger partial charge >= 0.3 is 6.03 Å². The van der Waals surface area contributed by atoms with Crippen molar-refractivity contribution in [2.75, 3.05) is 10.6 Å². The van der Waals surface area contributed by atoms with Crippen molar-refractivity contribution in [1.29, 1.82) is 0 Å². The number of thiazole rings is 1. The minimum Gasteiger partial charge on any atom is -0.390 e. The van der Waals surface area contributed by atoms with Crippen molar-refractivity contribution in [3.8, 4) is 10.4 Å². The number of carbonyl (C=O) groups is 1. The van der Waals surface area contributed by atoms with E-state index in [0.717, 1.165) is 65.8 Å². The average molecular weight is 486 g/mol. The van der Waals surface area contributed by atoms with Crippen LogP contribution in [-0.4, -0.2) is 21.7 Å². The first-order valence-electron chi connectivity index (χ1n) is 11.5. The second kappa shape index (κ2) is 10.2. The summed E-state index contributed by atoms with van der Waals surface area (Å²) in [5, 5.41) is 16.3. The highest BCUT2D eigenvalue weighted by molar-refractivity contribution is 7.15. The number of aliphatic hydroxyl groups is 1. The maximum Gasteiger partial charge on any atom is 0.323 e. The van der Waals surface area contributed by atoms with Crippen LogP contribution >= 0.6 is 11.3 Å². The second-order valence-corrected chi connectivity index (χ2v) is 10.7. The maximum atomic E-state index is 13.3. The molecular weight excluding hydrogens is 456 g/mol. The third kappa shape index (κ3) is 6.61. The van der Waals surface area contributed by atoms with Gasteiger partial charge in [-0.15, -0.1) is 11.3 Å². The molecule has 0 bridgehead atoms. The van der Waals surface area contributed by atoms with Crippen LogP contribution in [0, 0.1) is 17.6 Å². The summed E-state index contributed by atoms with van der Waals surface area (Å²) in [6.45, 7) is 3.76. The van der Waals surface area contributed by atoms with Crippen molar-refractivity contribution in [3.63, 3.8) is 0 Å². The lowest BCUT2D eigenvalue weighted by atomic mass is 9.78. The molecule has 0 unspecified atom stereocenters. The van der Waals surface area contributed by atoms with Gasteiger partial charge in [0.05, 0.1) is 15.5 Å². The Bertz CT molecular complexity index is 1110. The summed E-state index contributed by atoms with van der Waals surface area (Å²) in [5.41, 5.74) is 1.01. The number of hydrogen-bond donors (Lipinski definition) is 3. The Morgan fingerprint density at radius 3 is 2.26 bits per heavy atom. The summed E-state index contributed by atoms with van der Waals surface area (Å²) in [6.07, 6.45) is 7.18. The molecule has 2 aromatic carbocycles. The second-order valence-electron chi connectivity index (χ2n) is 9.61. The minimum atomic E-state index is -0.759. The average Bonchev–Trinajstić information content (AvgIpc) is 3.23. The van der Waals surface area contributed by atoms with Gasteiger partial charge in [0, 0.05) is 29.6 Å². The van der Waals surface area contributed by atoms with Gasteiger partial charge in [0.15, 0.2) is 0 Å². The molecule has 3 aromatic rings. The van der Waals surface area contributed by atoms with Crippen LogP contribution in [0.15, 0.2) is 48.7 Å². The predicted molar refractivity (Wildman–Crippen MR) is 132 cm³/mol. The highest BCUT2D eigenvalue weighted by atomic mass is 32.1. The Kier molecular flexibility index (Phi) is 7.28. The van der Waals surface area contributed by atoms with E-state index in [1.807, 2.05) is 32.2 Å². The highest BCUT2D eigenvalue weighted by Crippen LogP contribution is 2.41. The molecule has 1 heterocycles. The molecule has 1 fully saturated rings. The molecule has 5 nitrogen and oxygen atoms in total. The number of hydrogen-bond acceptors (Lipinski definition) is 4. The Hall–Kier alpha value is -2.84. The molecule has 0 atom stereocenters. The molecule has 180 valence electrons. The van der Waals surface area contributed by atoms with Crippen molar-refractivity contribution in [2.24, 2.45) is 5.92 Å². The lowest BCUT2D eigenvalue weighted by Crippen LogP contribution is -2.25. The van der Waals surface area contributed by atoms with E-state index in [0.29, 0.717) is 17.5 Å². The van der Waals surface area contributed by atoms with Gasteiger partial charge in [-0.1, -0.05) is 12.1 Å². The number of nitrogens with zero attached hydrogens (tertiary/aromatic N) is 1. The topological polar surface area (TPSA) is 74.2 Å². The van der Waals surface area contributed by atoms with E-state index < -0.39 is 23.3 Å². The van der Waals surface area contributed by atoms with Gasteiger partial charge in [0.1, 0.15) is 11.6 Å². The third-order valence-corrected chi connectivity index (χ3v) is 7.26. The first-order chi connectivity index (χ1) is 16.1. The predicted octanol–water partition coefficient (Wildman–Crippen LogP) is 7.17. The summed E-state index contributed by atoms with van der Waals surface area (Å²) in [5.74, 6) is -0.474. The zero-order valence-electron chi connectivity index (χ0n) is 19.3. The van der Waals surface area contributed by atoms with E-state index in [1.54, 1.807) is 23.5 Å². The lowest BCUT2D eigenvalue weighted by Gasteiger charge is -2.31. The van der Waals surface area contributed by atoms with E-state index in [4.69, 9.17) is 0 Å². The highest BCUT2D eigenvalue weighted by Gasteiger charge is 2.28. The molecule has 34 heavy (non-hydrogen) atoms. The molecule has 1 aliphatic rings. The summed E-state index contributed by atoms with van der Waals surface area (Å²) in [6, 6.07) is 9.64. The van der Waals surface area contributed by atoms with Crippen LogP contribution in [0.3, 0.4) is 0 Å². The summed E-state index contributed by atoms with van der Waals surface area (Å²) < 4.78 is 26.6. The summed E-state index contributed by atoms with van der Waals surface area (Å²) in [4.78, 5) is 17.9. The molecule has 3 N–H and O–H groups in total. The molecule has 0 saturated heterocycles. The van der Waals surface area contributed by atoms with E-state index in [9.17, 15) is 18.7 Å². The van der Waals surface area contributed by atoms with Crippen LogP contribution in [0.1, 0.15) is 56.9 Å². The van der Waals surface area contributed by atoms with Gasteiger partial charge in [0.2, 0.25) is 0 Å².